The van der Waals surface area contributed by atoms with Gasteiger partial charge in [0.1, 0.15) is 11.5 Å². The zero-order valence-electron chi connectivity index (χ0n) is 15.3. The van der Waals surface area contributed by atoms with Crippen LogP contribution >= 0.6 is 0 Å². The Kier molecular flexibility index (Phi) is 5.35. The summed E-state index contributed by atoms with van der Waals surface area (Å²) in [7, 11) is 1.21. The molecule has 0 fully saturated rings. The predicted molar refractivity (Wildman–Crippen MR) is 92.6 cm³/mol. The summed E-state index contributed by atoms with van der Waals surface area (Å²) in [5.41, 5.74) is 0.551. The third-order valence-corrected chi connectivity index (χ3v) is 4.38. The van der Waals surface area contributed by atoms with Gasteiger partial charge >= 0.3 is 12.1 Å². The molecule has 0 aromatic heterocycles. The third-order valence-electron chi connectivity index (χ3n) is 4.38. The third kappa shape index (κ3) is 4.00. The van der Waals surface area contributed by atoms with E-state index in [1.54, 1.807) is 25.1 Å². The van der Waals surface area contributed by atoms with Gasteiger partial charge in [0, 0.05) is 12.3 Å². The number of carbonyl (C=O) groups is 1. The van der Waals surface area contributed by atoms with Gasteiger partial charge in [0.25, 0.3) is 0 Å². The summed E-state index contributed by atoms with van der Waals surface area (Å²) >= 11 is 0. The Bertz CT molecular complexity index is 824. The number of hydrogen-bond donors (Lipinski definition) is 0. The summed E-state index contributed by atoms with van der Waals surface area (Å²) in [5.74, 6) is -0.203. The molecule has 3 nitrogen and oxygen atoms in total. The minimum Gasteiger partial charge on any atom is -0.496 e. The van der Waals surface area contributed by atoms with E-state index >= 15 is 0 Å². The van der Waals surface area contributed by atoms with Gasteiger partial charge in [-0.1, -0.05) is 32.0 Å². The Hall–Kier alpha value is -2.50. The van der Waals surface area contributed by atoms with E-state index < -0.39 is 23.1 Å². The maximum absolute atomic E-state index is 13.3. The number of rotatable bonds is 4. The number of carbonyl (C=O) groups excluding carboxylic acids is 1. The molecule has 0 atom stereocenters. The molecule has 2 aromatic rings. The van der Waals surface area contributed by atoms with Gasteiger partial charge in [0.05, 0.1) is 12.7 Å². The van der Waals surface area contributed by atoms with E-state index in [-0.39, 0.29) is 5.75 Å². The lowest BCUT2D eigenvalue weighted by atomic mass is 9.77. The largest absolute Gasteiger partial charge is 0.496 e. The topological polar surface area (TPSA) is 35.5 Å². The monoisotopic (exact) mass is 366 g/mol. The Morgan fingerprint density at radius 1 is 0.962 bits per heavy atom. The normalized spacial score (nSPS) is 12.0. The van der Waals surface area contributed by atoms with Crippen molar-refractivity contribution in [3.8, 4) is 11.5 Å². The second-order valence-electron chi connectivity index (χ2n) is 6.61. The maximum atomic E-state index is 13.3. The molecule has 0 radical (unpaired) electrons. The lowest BCUT2D eigenvalue weighted by Crippen LogP contribution is -2.20. The summed E-state index contributed by atoms with van der Waals surface area (Å²) in [4.78, 5) is 11.1. The minimum atomic E-state index is -4.51. The molecule has 0 bridgehead atoms. The molecule has 0 aliphatic rings. The van der Waals surface area contributed by atoms with Crippen LogP contribution in [0.15, 0.2) is 36.4 Å². The first-order valence-corrected chi connectivity index (χ1v) is 8.02. The summed E-state index contributed by atoms with van der Waals surface area (Å²) in [6, 6.07) is 9.30. The molecule has 0 heterocycles. The summed E-state index contributed by atoms with van der Waals surface area (Å²) < 4.78 is 49.9. The first-order valence-electron chi connectivity index (χ1n) is 8.02. The average Bonchev–Trinajstić information content (AvgIpc) is 2.54. The van der Waals surface area contributed by atoms with Crippen LogP contribution < -0.4 is 9.47 Å². The molecule has 0 spiro atoms. The number of benzene rings is 2. The van der Waals surface area contributed by atoms with Crippen molar-refractivity contribution in [3.63, 3.8) is 0 Å². The quantitative estimate of drug-likeness (QED) is 0.546. The first kappa shape index (κ1) is 19.8. The summed E-state index contributed by atoms with van der Waals surface area (Å²) in [6.07, 6.45) is -4.51. The van der Waals surface area contributed by atoms with Crippen LogP contribution in [-0.4, -0.2) is 13.1 Å². The number of alkyl halides is 3. The molecule has 0 amide bonds. The molecule has 0 saturated carbocycles. The molecule has 2 aromatic carbocycles. The van der Waals surface area contributed by atoms with Crippen LogP contribution in [-0.2, 0) is 16.4 Å². The molecule has 6 heteroatoms. The van der Waals surface area contributed by atoms with Crippen LogP contribution in [0.25, 0.3) is 0 Å². The molecule has 0 saturated heterocycles. The van der Waals surface area contributed by atoms with Crippen LogP contribution in [0.2, 0.25) is 0 Å². The molecular formula is C20H21F3O3. The fourth-order valence-electron chi connectivity index (χ4n) is 2.79. The number of esters is 1. The zero-order valence-corrected chi connectivity index (χ0v) is 15.3. The van der Waals surface area contributed by atoms with E-state index in [9.17, 15) is 18.0 Å². The fraction of sp³-hybridized carbons (Fsp3) is 0.350. The van der Waals surface area contributed by atoms with Gasteiger partial charge in [-0.15, -0.1) is 0 Å². The number of methoxy groups -OCH3 is 1. The molecule has 26 heavy (non-hydrogen) atoms. The Balaban J connectivity index is 2.50. The van der Waals surface area contributed by atoms with E-state index in [0.717, 1.165) is 17.2 Å². The van der Waals surface area contributed by atoms with Crippen molar-refractivity contribution in [1.82, 2.24) is 0 Å². The number of hydrogen-bond acceptors (Lipinski definition) is 3. The van der Waals surface area contributed by atoms with Gasteiger partial charge < -0.3 is 9.47 Å². The fourth-order valence-corrected chi connectivity index (χ4v) is 2.79. The average molecular weight is 366 g/mol. The zero-order chi connectivity index (χ0) is 19.7. The van der Waals surface area contributed by atoms with Crippen LogP contribution in [0, 0.1) is 6.92 Å². The lowest BCUT2D eigenvalue weighted by molar-refractivity contribution is -0.138. The van der Waals surface area contributed by atoms with Gasteiger partial charge in [0.2, 0.25) is 0 Å². The minimum absolute atomic E-state index is 0.210. The summed E-state index contributed by atoms with van der Waals surface area (Å²) in [6.45, 7) is 6.78. The smallest absolute Gasteiger partial charge is 0.419 e. The van der Waals surface area contributed by atoms with E-state index in [1.165, 1.54) is 20.1 Å². The van der Waals surface area contributed by atoms with Crippen LogP contribution in [0.5, 0.6) is 11.5 Å². The van der Waals surface area contributed by atoms with Crippen LogP contribution in [0.3, 0.4) is 0 Å². The van der Waals surface area contributed by atoms with E-state index in [0.29, 0.717) is 11.3 Å². The molecule has 0 unspecified atom stereocenters. The number of halogens is 3. The van der Waals surface area contributed by atoms with Crippen molar-refractivity contribution in [3.05, 3.63) is 58.7 Å². The Morgan fingerprint density at radius 2 is 1.50 bits per heavy atom. The highest BCUT2D eigenvalue weighted by atomic mass is 19.4. The highest BCUT2D eigenvalue weighted by molar-refractivity contribution is 5.69. The van der Waals surface area contributed by atoms with Gasteiger partial charge in [0.15, 0.2) is 0 Å². The van der Waals surface area contributed by atoms with Gasteiger partial charge in [-0.25, -0.2) is 0 Å². The molecule has 0 aliphatic heterocycles. The molecular weight excluding hydrogens is 345 g/mol. The summed E-state index contributed by atoms with van der Waals surface area (Å²) in [5, 5.41) is 0. The number of ether oxygens (including phenoxy) is 2. The molecule has 140 valence electrons. The predicted octanol–water partition coefficient (Wildman–Crippen LogP) is 5.27. The van der Waals surface area contributed by atoms with Crippen molar-refractivity contribution >= 4 is 5.97 Å². The Labute approximate surface area is 150 Å². The highest BCUT2D eigenvalue weighted by Crippen LogP contribution is 2.41. The van der Waals surface area contributed by atoms with Gasteiger partial charge in [-0.2, -0.15) is 13.2 Å². The number of aryl methyl sites for hydroxylation is 1. The van der Waals surface area contributed by atoms with Crippen molar-refractivity contribution in [1.29, 1.82) is 0 Å². The second-order valence-corrected chi connectivity index (χ2v) is 6.61. The van der Waals surface area contributed by atoms with E-state index in [4.69, 9.17) is 9.47 Å². The SMILES string of the molecule is COc1ccc(C(C)(C)c2ccc(OC(C)=O)c(C)c2)cc1C(F)(F)F. The maximum Gasteiger partial charge on any atom is 0.419 e. The van der Waals surface area contributed by atoms with E-state index in [1.807, 2.05) is 19.9 Å². The van der Waals surface area contributed by atoms with Crippen molar-refractivity contribution in [2.45, 2.75) is 39.3 Å². The first-order chi connectivity index (χ1) is 12.0. The van der Waals surface area contributed by atoms with Gasteiger partial charge in [-0.05, 0) is 41.8 Å². The molecule has 0 N–H and O–H groups in total. The molecule has 0 aliphatic carbocycles. The van der Waals surface area contributed by atoms with Gasteiger partial charge in [-0.3, -0.25) is 4.79 Å². The second kappa shape index (κ2) is 7.02. The van der Waals surface area contributed by atoms with Crippen molar-refractivity contribution in [2.75, 3.05) is 7.11 Å². The van der Waals surface area contributed by atoms with Crippen molar-refractivity contribution < 1.29 is 27.4 Å². The van der Waals surface area contributed by atoms with Crippen molar-refractivity contribution in [2.24, 2.45) is 0 Å². The molecule has 2 rings (SSSR count). The van der Waals surface area contributed by atoms with E-state index in [2.05, 4.69) is 0 Å². The standard InChI is InChI=1S/C20H21F3O3/c1-12-10-14(6-8-17(12)26-13(2)24)19(3,4)15-7-9-18(25-5)16(11-15)20(21,22)23/h6-11H,1-5H3. The lowest BCUT2D eigenvalue weighted by Gasteiger charge is -2.28. The Morgan fingerprint density at radius 3 is 1.96 bits per heavy atom. The van der Waals surface area contributed by atoms with Crippen LogP contribution in [0.4, 0.5) is 13.2 Å². The van der Waals surface area contributed by atoms with Crippen LogP contribution in [0.1, 0.15) is 43.0 Å². The highest BCUT2D eigenvalue weighted by Gasteiger charge is 2.36.